The quantitative estimate of drug-likeness (QED) is 0.559. The molecule has 1 saturated carbocycles. The van der Waals surface area contributed by atoms with Crippen molar-refractivity contribution in [2.45, 2.75) is 37.8 Å². The molecule has 100 valence electrons. The smallest absolute Gasteiger partial charge is 0.191 e. The Kier molecular flexibility index (Phi) is 5.11. The van der Waals surface area contributed by atoms with Crippen LogP contribution in [0.3, 0.4) is 0 Å². The van der Waals surface area contributed by atoms with Crippen molar-refractivity contribution in [3.8, 4) is 0 Å². The van der Waals surface area contributed by atoms with Crippen LogP contribution >= 0.6 is 11.8 Å². The predicted molar refractivity (Wildman–Crippen MR) is 78.4 cm³/mol. The molecule has 0 amide bonds. The highest BCUT2D eigenvalue weighted by atomic mass is 32.2. The fourth-order valence-electron chi connectivity index (χ4n) is 1.76. The third-order valence-corrected chi connectivity index (χ3v) is 3.55. The van der Waals surface area contributed by atoms with Crippen molar-refractivity contribution in [2.24, 2.45) is 5.92 Å². The molecule has 0 bridgehead atoms. The zero-order valence-corrected chi connectivity index (χ0v) is 12.0. The van der Waals surface area contributed by atoms with Gasteiger partial charge in [-0.05, 0) is 25.0 Å². The van der Waals surface area contributed by atoms with Crippen molar-refractivity contribution in [1.82, 2.24) is 9.97 Å². The van der Waals surface area contributed by atoms with Crippen LogP contribution in [0.4, 0.5) is 11.6 Å². The minimum Gasteiger partial charge on any atom is -0.370 e. The molecule has 1 aromatic heterocycles. The van der Waals surface area contributed by atoms with Crippen LogP contribution in [0.1, 0.15) is 32.6 Å². The summed E-state index contributed by atoms with van der Waals surface area (Å²) in [5.41, 5.74) is 0. The van der Waals surface area contributed by atoms with E-state index in [1.165, 1.54) is 19.3 Å². The lowest BCUT2D eigenvalue weighted by molar-refractivity contribution is 0.756. The number of hydrogen-bond acceptors (Lipinski definition) is 5. The molecule has 0 aromatic carbocycles. The van der Waals surface area contributed by atoms with Crippen molar-refractivity contribution < 1.29 is 0 Å². The van der Waals surface area contributed by atoms with Crippen LogP contribution in [0.25, 0.3) is 0 Å². The zero-order chi connectivity index (χ0) is 12.8. The van der Waals surface area contributed by atoms with E-state index in [0.29, 0.717) is 0 Å². The lowest BCUT2D eigenvalue weighted by Crippen LogP contribution is -2.08. The molecule has 1 aromatic rings. The fraction of sp³-hybridized carbons (Fsp3) is 0.692. The van der Waals surface area contributed by atoms with Crippen molar-refractivity contribution in [2.75, 3.05) is 30.0 Å². The van der Waals surface area contributed by atoms with E-state index >= 15 is 0 Å². The van der Waals surface area contributed by atoms with Gasteiger partial charge >= 0.3 is 0 Å². The van der Waals surface area contributed by atoms with Crippen LogP contribution in [-0.2, 0) is 0 Å². The first kappa shape index (κ1) is 13.5. The summed E-state index contributed by atoms with van der Waals surface area (Å²) < 4.78 is 0. The van der Waals surface area contributed by atoms with Crippen LogP contribution < -0.4 is 10.6 Å². The van der Waals surface area contributed by atoms with Crippen LogP contribution in [-0.4, -0.2) is 29.3 Å². The van der Waals surface area contributed by atoms with E-state index in [4.69, 9.17) is 0 Å². The van der Waals surface area contributed by atoms with Gasteiger partial charge in [0.1, 0.15) is 11.6 Å². The van der Waals surface area contributed by atoms with Gasteiger partial charge < -0.3 is 10.6 Å². The number of anilines is 2. The Labute approximate surface area is 113 Å². The first-order valence-corrected chi connectivity index (χ1v) is 7.95. The lowest BCUT2D eigenvalue weighted by atomic mass is 10.3. The molecule has 0 radical (unpaired) electrons. The molecule has 0 atom stereocenters. The number of aromatic nitrogens is 2. The largest absolute Gasteiger partial charge is 0.370 e. The third kappa shape index (κ3) is 4.37. The van der Waals surface area contributed by atoms with Gasteiger partial charge in [0.15, 0.2) is 5.16 Å². The maximum atomic E-state index is 4.48. The summed E-state index contributed by atoms with van der Waals surface area (Å²) in [6.07, 6.45) is 7.18. The molecule has 0 unspecified atom stereocenters. The molecule has 2 rings (SSSR count). The molecule has 2 N–H and O–H groups in total. The number of hydrogen-bond donors (Lipinski definition) is 2. The Bertz CT molecular complexity index is 379. The molecule has 5 heteroatoms. The molecule has 1 heterocycles. The van der Waals surface area contributed by atoms with Crippen LogP contribution in [0.5, 0.6) is 0 Å². The summed E-state index contributed by atoms with van der Waals surface area (Å²) in [7, 11) is 0. The second-order valence-electron chi connectivity index (χ2n) is 4.71. The molecule has 0 spiro atoms. The average molecular weight is 266 g/mol. The highest BCUT2D eigenvalue weighted by Gasteiger charge is 2.20. The minimum absolute atomic E-state index is 0.824. The Morgan fingerprint density at radius 2 is 1.89 bits per heavy atom. The highest BCUT2D eigenvalue weighted by molar-refractivity contribution is 7.98. The van der Waals surface area contributed by atoms with Crippen molar-refractivity contribution in [1.29, 1.82) is 0 Å². The molecule has 1 fully saturated rings. The topological polar surface area (TPSA) is 49.8 Å². The van der Waals surface area contributed by atoms with Gasteiger partial charge in [-0.1, -0.05) is 31.5 Å². The summed E-state index contributed by atoms with van der Waals surface area (Å²) in [6, 6.07) is 2.00. The summed E-state index contributed by atoms with van der Waals surface area (Å²) in [4.78, 5) is 8.92. The molecule has 1 aliphatic carbocycles. The number of nitrogens with zero attached hydrogens (tertiary/aromatic N) is 2. The predicted octanol–water partition coefficient (Wildman–Crippen LogP) is 3.23. The summed E-state index contributed by atoms with van der Waals surface area (Å²) in [6.45, 7) is 4.12. The van der Waals surface area contributed by atoms with Crippen LogP contribution in [0.15, 0.2) is 11.2 Å². The maximum Gasteiger partial charge on any atom is 0.191 e. The number of thioether (sulfide) groups is 1. The van der Waals surface area contributed by atoms with Gasteiger partial charge in [-0.3, -0.25) is 0 Å². The third-order valence-electron chi connectivity index (χ3n) is 3.00. The van der Waals surface area contributed by atoms with E-state index in [-0.39, 0.29) is 0 Å². The zero-order valence-electron chi connectivity index (χ0n) is 11.2. The lowest BCUT2D eigenvalue weighted by Gasteiger charge is -2.10. The molecular weight excluding hydrogens is 244 g/mol. The maximum absolute atomic E-state index is 4.48. The Morgan fingerprint density at radius 1 is 1.22 bits per heavy atom. The van der Waals surface area contributed by atoms with Gasteiger partial charge in [0, 0.05) is 19.2 Å². The number of nitrogens with one attached hydrogen (secondary N) is 2. The standard InChI is InChI=1S/C13H22N4S/c1-3-7-14-11-9-12(17-13(16-11)18-2)15-8-6-10-4-5-10/h9-10H,3-8H2,1-2H3,(H2,14,15,16,17). The van der Waals surface area contributed by atoms with Gasteiger partial charge in [-0.2, -0.15) is 0 Å². The van der Waals surface area contributed by atoms with E-state index in [2.05, 4.69) is 27.5 Å². The molecule has 0 saturated heterocycles. The number of rotatable bonds is 8. The SMILES string of the molecule is CCCNc1cc(NCCC2CC2)nc(SC)n1. The first-order chi connectivity index (χ1) is 8.81. The molecular formula is C13H22N4S. The van der Waals surface area contributed by atoms with Gasteiger partial charge in [0.2, 0.25) is 0 Å². The monoisotopic (exact) mass is 266 g/mol. The summed E-state index contributed by atoms with van der Waals surface area (Å²) >= 11 is 1.58. The Balaban J connectivity index is 1.92. The normalized spacial score (nSPS) is 14.6. The second-order valence-corrected chi connectivity index (χ2v) is 5.48. The van der Waals surface area contributed by atoms with Gasteiger partial charge in [-0.25, -0.2) is 9.97 Å². The van der Waals surface area contributed by atoms with E-state index in [0.717, 1.165) is 42.2 Å². The van der Waals surface area contributed by atoms with Crippen LogP contribution in [0, 0.1) is 5.92 Å². The highest BCUT2D eigenvalue weighted by Crippen LogP contribution is 2.32. The second kappa shape index (κ2) is 6.83. The molecule has 4 nitrogen and oxygen atoms in total. The van der Waals surface area contributed by atoms with Crippen molar-refractivity contribution in [3.05, 3.63) is 6.07 Å². The van der Waals surface area contributed by atoms with E-state index < -0.39 is 0 Å². The van der Waals surface area contributed by atoms with Gasteiger partial charge in [0.25, 0.3) is 0 Å². The van der Waals surface area contributed by atoms with Crippen LogP contribution in [0.2, 0.25) is 0 Å². The molecule has 18 heavy (non-hydrogen) atoms. The Hall–Kier alpha value is -0.970. The molecule has 0 aliphatic heterocycles. The average Bonchev–Trinajstić information content (AvgIpc) is 3.20. The molecule has 1 aliphatic rings. The van der Waals surface area contributed by atoms with E-state index in [1.54, 1.807) is 11.8 Å². The van der Waals surface area contributed by atoms with Gasteiger partial charge in [-0.15, -0.1) is 0 Å². The summed E-state index contributed by atoms with van der Waals surface area (Å²) in [5.74, 6) is 2.82. The summed E-state index contributed by atoms with van der Waals surface area (Å²) in [5, 5.41) is 7.54. The minimum atomic E-state index is 0.824. The fourth-order valence-corrected chi connectivity index (χ4v) is 2.14. The first-order valence-electron chi connectivity index (χ1n) is 6.72. The van der Waals surface area contributed by atoms with E-state index in [9.17, 15) is 0 Å². The van der Waals surface area contributed by atoms with Crippen molar-refractivity contribution >= 4 is 23.4 Å². The Morgan fingerprint density at radius 3 is 2.44 bits per heavy atom. The van der Waals surface area contributed by atoms with Gasteiger partial charge in [0.05, 0.1) is 0 Å². The van der Waals surface area contributed by atoms with Crippen molar-refractivity contribution in [3.63, 3.8) is 0 Å². The van der Waals surface area contributed by atoms with E-state index in [1.807, 2.05) is 12.3 Å².